The molecule has 2 aromatic heterocycles. The number of nitrogens with two attached hydrogens (primary N) is 1. The van der Waals surface area contributed by atoms with Gasteiger partial charge in [0.25, 0.3) is 0 Å². The van der Waals surface area contributed by atoms with Gasteiger partial charge in [-0.25, -0.2) is 4.68 Å². The molecule has 4 aromatic rings. The van der Waals surface area contributed by atoms with E-state index in [1.54, 1.807) is 29.4 Å². The molecule has 0 bridgehead atoms. The Hall–Kier alpha value is -3.35. The number of rotatable bonds is 8. The molecule has 17 nitrogen and oxygen atoms in total. The van der Waals surface area contributed by atoms with Crippen molar-refractivity contribution in [1.29, 1.82) is 0 Å². The largest absolute Gasteiger partial charge is 1.00 e. The summed E-state index contributed by atoms with van der Waals surface area (Å²) in [7, 11) is -5.33. The molecule has 20 heteroatoms. The van der Waals surface area contributed by atoms with Crippen molar-refractivity contribution >= 4 is 42.7 Å². The molecule has 0 spiro atoms. The summed E-state index contributed by atoms with van der Waals surface area (Å²) in [6.07, 6.45) is 7.80. The molecule has 3 aliphatic heterocycles. The van der Waals surface area contributed by atoms with Gasteiger partial charge >= 0.3 is 59.1 Å². The minimum absolute atomic E-state index is 0. The third-order valence-electron chi connectivity index (χ3n) is 10.7. The average Bonchev–Trinajstić information content (AvgIpc) is 3.64. The maximum atomic E-state index is 13.5. The number of amides is 3. The first kappa shape index (κ1) is 42.3. The summed E-state index contributed by atoms with van der Waals surface area (Å²) < 4.78 is 23.6. The van der Waals surface area contributed by atoms with Gasteiger partial charge in [0.2, 0.25) is 17.7 Å². The molecule has 0 unspecified atom stereocenters. The van der Waals surface area contributed by atoms with Crippen molar-refractivity contribution < 1.29 is 97.1 Å². The third-order valence-corrected chi connectivity index (χ3v) is 11.1. The summed E-state index contributed by atoms with van der Waals surface area (Å²) in [6.45, 7) is 2.50. The molecule has 8 rings (SSSR count). The quantitative estimate of drug-likeness (QED) is 0.0975. The second-order valence-electron chi connectivity index (χ2n) is 13.9. The van der Waals surface area contributed by atoms with Crippen molar-refractivity contribution in [3.63, 3.8) is 0 Å². The molecule has 1 aliphatic carbocycles. The number of piperidine rings is 1. The fraction of sp³-hybridized carbons (Fsp3) is 0.389. The first-order valence-electron chi connectivity index (χ1n) is 17.9. The number of phosphoric ester groups is 1. The number of piperazine rings is 1. The Bertz CT molecular complexity index is 2160. The molecule has 0 radical (unpaired) electrons. The van der Waals surface area contributed by atoms with Gasteiger partial charge in [-0.3, -0.25) is 24.6 Å². The SMILES string of the molecule is Nc1nnc(-c2ccccc2OP(=O)([O-])[O-])cc1-n1cc(N2CCN([C@H]3CC[C@H](c4cccc5c4OCCN5[C@H]4CCC(=O)NC4=O)CC3)CC2=O)cn1.[Na+].[Na+]. The van der Waals surface area contributed by atoms with Crippen LogP contribution in [0.25, 0.3) is 16.9 Å². The molecule has 3 N–H and O–H groups in total. The Morgan fingerprint density at radius 2 is 1.71 bits per heavy atom. The summed E-state index contributed by atoms with van der Waals surface area (Å²) in [5.41, 5.74) is 9.54. The number of hydrogen-bond donors (Lipinski definition) is 2. The van der Waals surface area contributed by atoms with Crippen molar-refractivity contribution in [2.75, 3.05) is 48.3 Å². The monoisotopic (exact) mass is 801 g/mol. The van der Waals surface area contributed by atoms with Gasteiger partial charge in [0, 0.05) is 31.1 Å². The molecule has 2 aromatic carbocycles. The second kappa shape index (κ2) is 17.6. The number of benzene rings is 2. The van der Waals surface area contributed by atoms with Crippen molar-refractivity contribution in [3.05, 3.63) is 66.5 Å². The number of fused-ring (bicyclic) bond motifs is 1. The van der Waals surface area contributed by atoms with Crippen molar-refractivity contribution in [3.8, 4) is 28.4 Å². The molecule has 56 heavy (non-hydrogen) atoms. The van der Waals surface area contributed by atoms with Crippen LogP contribution in [0.2, 0.25) is 0 Å². The van der Waals surface area contributed by atoms with Crippen LogP contribution in [0.3, 0.4) is 0 Å². The van der Waals surface area contributed by atoms with E-state index in [0.29, 0.717) is 50.5 Å². The van der Waals surface area contributed by atoms with Gasteiger partial charge in [-0.05, 0) is 67.9 Å². The summed E-state index contributed by atoms with van der Waals surface area (Å²) in [5.74, 6) is 0.438. The van der Waals surface area contributed by atoms with Gasteiger partial charge in [0.05, 0.1) is 42.6 Å². The number of anilines is 3. The minimum Gasteiger partial charge on any atom is -0.780 e. The van der Waals surface area contributed by atoms with E-state index in [1.807, 2.05) is 12.1 Å². The second-order valence-corrected chi connectivity index (χ2v) is 15.0. The van der Waals surface area contributed by atoms with Crippen LogP contribution in [0, 0.1) is 0 Å². The first-order chi connectivity index (χ1) is 26.0. The average molecular weight is 802 g/mol. The zero-order chi connectivity index (χ0) is 37.6. The molecule has 3 fully saturated rings. The van der Waals surface area contributed by atoms with Crippen LogP contribution in [0.1, 0.15) is 50.0 Å². The Labute approximate surface area is 367 Å². The summed E-state index contributed by atoms with van der Waals surface area (Å²) in [4.78, 5) is 66.7. The van der Waals surface area contributed by atoms with Gasteiger partial charge in [-0.15, -0.1) is 10.2 Å². The molecule has 3 amide bonds. The Morgan fingerprint density at radius 1 is 0.929 bits per heavy atom. The predicted molar refractivity (Wildman–Crippen MR) is 192 cm³/mol. The molecular weight excluding hydrogens is 763 g/mol. The molecule has 2 saturated heterocycles. The van der Waals surface area contributed by atoms with Crippen LogP contribution in [-0.4, -0.2) is 87.5 Å². The van der Waals surface area contributed by atoms with E-state index in [-0.39, 0.29) is 118 Å². The Kier molecular flexibility index (Phi) is 13.3. The maximum Gasteiger partial charge on any atom is 1.00 e. The number of carbonyl (C=O) groups excluding carboxylic acids is 3. The fourth-order valence-electron chi connectivity index (χ4n) is 8.11. The topological polar surface area (TPSA) is 224 Å². The number of carbonyl (C=O) groups is 3. The minimum atomic E-state index is -5.33. The number of para-hydroxylation sites is 2. The third kappa shape index (κ3) is 8.87. The van der Waals surface area contributed by atoms with E-state index in [2.05, 4.69) is 41.0 Å². The van der Waals surface area contributed by atoms with Gasteiger partial charge in [0.15, 0.2) is 5.82 Å². The summed E-state index contributed by atoms with van der Waals surface area (Å²) in [6, 6.07) is 13.6. The summed E-state index contributed by atoms with van der Waals surface area (Å²) in [5, 5.41) is 15.0. The number of nitrogen functional groups attached to an aromatic ring is 1. The maximum absolute atomic E-state index is 13.5. The van der Waals surface area contributed by atoms with E-state index in [4.69, 9.17) is 10.5 Å². The van der Waals surface area contributed by atoms with Crippen molar-refractivity contribution in [1.82, 2.24) is 30.2 Å². The van der Waals surface area contributed by atoms with Gasteiger partial charge in [-0.2, -0.15) is 5.10 Å². The number of aromatic nitrogens is 4. The van der Waals surface area contributed by atoms with Crippen LogP contribution < -0.4 is 99.0 Å². The van der Waals surface area contributed by atoms with Crippen LogP contribution in [-0.2, 0) is 18.9 Å². The van der Waals surface area contributed by atoms with Gasteiger partial charge in [0.1, 0.15) is 37.7 Å². The van der Waals surface area contributed by atoms with Gasteiger partial charge in [-0.1, -0.05) is 24.3 Å². The van der Waals surface area contributed by atoms with Crippen molar-refractivity contribution in [2.45, 2.75) is 56.5 Å². The molecule has 4 aliphatic rings. The Balaban J connectivity index is 0.00000266. The Morgan fingerprint density at radius 3 is 2.46 bits per heavy atom. The smallest absolute Gasteiger partial charge is 0.780 e. The van der Waals surface area contributed by atoms with E-state index >= 15 is 0 Å². The van der Waals surface area contributed by atoms with Crippen LogP contribution in [0.4, 0.5) is 17.2 Å². The number of imide groups is 1. The van der Waals surface area contributed by atoms with Gasteiger partial charge < -0.3 is 39.1 Å². The van der Waals surface area contributed by atoms with Crippen molar-refractivity contribution in [2.24, 2.45) is 0 Å². The van der Waals surface area contributed by atoms with E-state index in [0.717, 1.165) is 42.7 Å². The molecule has 1 atom stereocenters. The molecular formula is C36H38N9Na2O8P. The van der Waals surface area contributed by atoms with E-state index in [1.165, 1.54) is 22.9 Å². The number of ether oxygens (including phenoxy) is 1. The van der Waals surface area contributed by atoms with E-state index < -0.39 is 13.9 Å². The van der Waals surface area contributed by atoms with Crippen LogP contribution >= 0.6 is 7.82 Å². The molecule has 282 valence electrons. The zero-order valence-corrected chi connectivity index (χ0v) is 36.1. The molecule has 5 heterocycles. The van der Waals surface area contributed by atoms with Crippen LogP contribution in [0.5, 0.6) is 11.5 Å². The predicted octanol–water partition coefficient (Wildman–Crippen LogP) is -4.49. The van der Waals surface area contributed by atoms with Crippen LogP contribution in [0.15, 0.2) is 60.9 Å². The number of hydrogen-bond acceptors (Lipinski definition) is 14. The van der Waals surface area contributed by atoms with E-state index in [9.17, 15) is 28.7 Å². The number of phosphoric acid groups is 1. The standard InChI is InChI=1S/C36H40N9O8P.2Na/c37-35-30(18-27(40-41-35)26-4-1-2-7-31(26)53-54(49,50)51)45-20-24(19-38-45)43-15-14-42(21-33(43)47)23-10-8-22(9-11-23)25-5-3-6-28-34(25)52-17-16-44(28)29-12-13-32(46)39-36(29)48;;/h1-7,18-20,22-23,29H,8-17,21H2,(H2,37,41)(H,39,46,48)(H2,49,50,51);;/q;2*+1/p-2/t22-,23-,29-;;/m0../s1. The number of nitrogens with zero attached hydrogens (tertiary/aromatic N) is 7. The molecule has 1 saturated carbocycles. The normalized spacial score (nSPS) is 21.6. The first-order valence-corrected chi connectivity index (χ1v) is 19.4. The zero-order valence-electron chi connectivity index (χ0n) is 31.2. The fourth-order valence-corrected chi connectivity index (χ4v) is 8.51. The number of nitrogens with one attached hydrogen (secondary N) is 1. The summed E-state index contributed by atoms with van der Waals surface area (Å²) >= 11 is 0.